The molecule has 0 aliphatic carbocycles. The Kier molecular flexibility index (Phi) is 3.59. The maximum atomic E-state index is 5.75. The Morgan fingerprint density at radius 3 is 3.11 bits per heavy atom. The van der Waals surface area contributed by atoms with Crippen molar-refractivity contribution in [2.45, 2.75) is 12.6 Å². The first-order valence-electron chi connectivity index (χ1n) is 6.70. The second kappa shape index (κ2) is 5.34. The van der Waals surface area contributed by atoms with Gasteiger partial charge in [0.05, 0.1) is 13.2 Å². The van der Waals surface area contributed by atoms with E-state index in [2.05, 4.69) is 27.9 Å². The molecule has 3 heterocycles. The molecule has 1 aromatic rings. The zero-order valence-corrected chi connectivity index (χ0v) is 11.0. The van der Waals surface area contributed by atoms with E-state index in [-0.39, 0.29) is 0 Å². The SMILES string of the molecule is CN1C[C@H]2COC[C@@H]1CN(Cc1cccnc1)C2. The van der Waals surface area contributed by atoms with Crippen molar-refractivity contribution in [3.63, 3.8) is 0 Å². The van der Waals surface area contributed by atoms with E-state index in [9.17, 15) is 0 Å². The Morgan fingerprint density at radius 2 is 2.28 bits per heavy atom. The fraction of sp³-hybridized carbons (Fsp3) is 0.643. The van der Waals surface area contributed by atoms with Crippen LogP contribution in [-0.4, -0.2) is 60.7 Å². The molecule has 3 rings (SSSR count). The van der Waals surface area contributed by atoms with Gasteiger partial charge in [0, 0.05) is 50.5 Å². The summed E-state index contributed by atoms with van der Waals surface area (Å²) in [6, 6.07) is 4.71. The third-order valence-electron chi connectivity index (χ3n) is 3.95. The largest absolute Gasteiger partial charge is 0.379 e. The van der Waals surface area contributed by atoms with E-state index in [1.54, 1.807) is 0 Å². The number of ether oxygens (including phenoxy) is 1. The van der Waals surface area contributed by atoms with Crippen LogP contribution in [-0.2, 0) is 11.3 Å². The van der Waals surface area contributed by atoms with E-state index in [4.69, 9.17) is 4.74 Å². The van der Waals surface area contributed by atoms with Gasteiger partial charge in [-0.2, -0.15) is 0 Å². The minimum absolute atomic E-state index is 0.536. The second-order valence-corrected chi connectivity index (χ2v) is 5.55. The van der Waals surface area contributed by atoms with E-state index in [0.29, 0.717) is 12.0 Å². The molecule has 2 aliphatic rings. The van der Waals surface area contributed by atoms with Crippen molar-refractivity contribution >= 4 is 0 Å². The number of likely N-dealkylation sites (N-methyl/N-ethyl adjacent to an activating group) is 1. The van der Waals surface area contributed by atoms with Crippen LogP contribution in [0.5, 0.6) is 0 Å². The summed E-state index contributed by atoms with van der Waals surface area (Å²) in [6.07, 6.45) is 3.81. The van der Waals surface area contributed by atoms with Gasteiger partial charge in [0.15, 0.2) is 0 Å². The van der Waals surface area contributed by atoms with Crippen LogP contribution >= 0.6 is 0 Å². The number of fused-ring (bicyclic) bond motifs is 3. The molecule has 0 unspecified atom stereocenters. The minimum Gasteiger partial charge on any atom is -0.379 e. The molecule has 0 saturated carbocycles. The van der Waals surface area contributed by atoms with Crippen molar-refractivity contribution in [2.24, 2.45) is 5.92 Å². The average Bonchev–Trinajstić information content (AvgIpc) is 2.59. The lowest BCUT2D eigenvalue weighted by molar-refractivity contribution is 0.0516. The summed E-state index contributed by atoms with van der Waals surface area (Å²) in [6.45, 7) is 6.18. The molecule has 2 aliphatic heterocycles. The maximum Gasteiger partial charge on any atom is 0.0634 e. The molecule has 0 spiro atoms. The van der Waals surface area contributed by atoms with Gasteiger partial charge >= 0.3 is 0 Å². The van der Waals surface area contributed by atoms with Gasteiger partial charge in [-0.1, -0.05) is 6.07 Å². The van der Waals surface area contributed by atoms with Crippen molar-refractivity contribution < 1.29 is 4.74 Å². The van der Waals surface area contributed by atoms with E-state index in [1.165, 1.54) is 5.56 Å². The lowest BCUT2D eigenvalue weighted by Crippen LogP contribution is -2.41. The standard InChI is InChI=1S/C14H21N3O/c1-16-6-13-8-17(9-14(16)11-18-10-13)7-12-3-2-4-15-5-12/h2-5,13-14H,6-11H2,1H3/t13-,14+/m1/s1. The average molecular weight is 247 g/mol. The highest BCUT2D eigenvalue weighted by atomic mass is 16.5. The molecule has 4 nitrogen and oxygen atoms in total. The molecule has 0 N–H and O–H groups in total. The summed E-state index contributed by atoms with van der Waals surface area (Å²) in [4.78, 5) is 9.21. The van der Waals surface area contributed by atoms with Gasteiger partial charge in [-0.05, 0) is 18.7 Å². The lowest BCUT2D eigenvalue weighted by Gasteiger charge is -2.29. The Morgan fingerprint density at radius 1 is 1.33 bits per heavy atom. The van der Waals surface area contributed by atoms with Crippen LogP contribution in [0.2, 0.25) is 0 Å². The summed E-state index contributed by atoms with van der Waals surface area (Å²) in [5.41, 5.74) is 1.31. The van der Waals surface area contributed by atoms with Crippen LogP contribution in [0.15, 0.2) is 24.5 Å². The third kappa shape index (κ3) is 2.71. The predicted octanol–water partition coefficient (Wildman–Crippen LogP) is 0.844. The smallest absolute Gasteiger partial charge is 0.0634 e. The molecule has 2 bridgehead atoms. The van der Waals surface area contributed by atoms with E-state index in [0.717, 1.165) is 39.4 Å². The van der Waals surface area contributed by atoms with Crippen molar-refractivity contribution in [1.82, 2.24) is 14.8 Å². The fourth-order valence-electron chi connectivity index (χ4n) is 3.03. The second-order valence-electron chi connectivity index (χ2n) is 5.55. The van der Waals surface area contributed by atoms with Gasteiger partial charge in [-0.3, -0.25) is 14.8 Å². The van der Waals surface area contributed by atoms with Crippen molar-refractivity contribution in [1.29, 1.82) is 0 Å². The van der Waals surface area contributed by atoms with Gasteiger partial charge in [0.1, 0.15) is 0 Å². The normalized spacial score (nSPS) is 30.1. The summed E-state index contributed by atoms with van der Waals surface area (Å²) in [7, 11) is 2.22. The van der Waals surface area contributed by atoms with Crippen LogP contribution in [0.3, 0.4) is 0 Å². The topological polar surface area (TPSA) is 28.6 Å². The number of hydrogen-bond donors (Lipinski definition) is 0. The number of hydrogen-bond acceptors (Lipinski definition) is 4. The first kappa shape index (κ1) is 12.1. The van der Waals surface area contributed by atoms with Crippen molar-refractivity contribution in [2.75, 3.05) is 39.9 Å². The monoisotopic (exact) mass is 247 g/mol. The minimum atomic E-state index is 0.536. The molecule has 2 fully saturated rings. The Labute approximate surface area is 109 Å². The molecule has 18 heavy (non-hydrogen) atoms. The molecular formula is C14H21N3O. The molecule has 2 saturated heterocycles. The predicted molar refractivity (Wildman–Crippen MR) is 70.2 cm³/mol. The molecule has 0 radical (unpaired) electrons. The maximum absolute atomic E-state index is 5.75. The van der Waals surface area contributed by atoms with Crippen LogP contribution in [0.1, 0.15) is 5.56 Å². The van der Waals surface area contributed by atoms with E-state index in [1.807, 2.05) is 18.5 Å². The first-order chi connectivity index (χ1) is 8.81. The summed E-state index contributed by atoms with van der Waals surface area (Å²) >= 11 is 0. The Balaban J connectivity index is 1.70. The van der Waals surface area contributed by atoms with Gasteiger partial charge < -0.3 is 4.74 Å². The zero-order chi connectivity index (χ0) is 12.4. The molecule has 2 atom stereocenters. The lowest BCUT2D eigenvalue weighted by atomic mass is 10.1. The third-order valence-corrected chi connectivity index (χ3v) is 3.95. The highest BCUT2D eigenvalue weighted by molar-refractivity contribution is 5.08. The number of rotatable bonds is 2. The van der Waals surface area contributed by atoms with Crippen LogP contribution in [0.4, 0.5) is 0 Å². The molecular weight excluding hydrogens is 226 g/mol. The van der Waals surface area contributed by atoms with Crippen molar-refractivity contribution in [3.05, 3.63) is 30.1 Å². The molecule has 98 valence electrons. The highest BCUT2D eigenvalue weighted by Crippen LogP contribution is 2.19. The van der Waals surface area contributed by atoms with Crippen LogP contribution in [0, 0.1) is 5.92 Å². The number of nitrogens with zero attached hydrogens (tertiary/aromatic N) is 3. The molecule has 1 aromatic heterocycles. The van der Waals surface area contributed by atoms with Crippen LogP contribution in [0.25, 0.3) is 0 Å². The number of aromatic nitrogens is 1. The molecule has 0 amide bonds. The quantitative estimate of drug-likeness (QED) is 0.774. The summed E-state index contributed by atoms with van der Waals surface area (Å²) in [5.74, 6) is 0.638. The van der Waals surface area contributed by atoms with Crippen molar-refractivity contribution in [3.8, 4) is 0 Å². The van der Waals surface area contributed by atoms with E-state index >= 15 is 0 Å². The molecule has 0 aromatic carbocycles. The fourth-order valence-corrected chi connectivity index (χ4v) is 3.03. The highest BCUT2D eigenvalue weighted by Gasteiger charge is 2.31. The zero-order valence-electron chi connectivity index (χ0n) is 11.0. The van der Waals surface area contributed by atoms with Gasteiger partial charge in [-0.25, -0.2) is 0 Å². The van der Waals surface area contributed by atoms with Gasteiger partial charge in [0.25, 0.3) is 0 Å². The molecule has 4 heteroatoms. The van der Waals surface area contributed by atoms with Gasteiger partial charge in [0.2, 0.25) is 0 Å². The first-order valence-corrected chi connectivity index (χ1v) is 6.70. The van der Waals surface area contributed by atoms with E-state index < -0.39 is 0 Å². The Bertz CT molecular complexity index is 384. The summed E-state index contributed by atoms with van der Waals surface area (Å²) in [5, 5.41) is 0. The Hall–Kier alpha value is -0.970. The van der Waals surface area contributed by atoms with Gasteiger partial charge in [-0.15, -0.1) is 0 Å². The summed E-state index contributed by atoms with van der Waals surface area (Å²) < 4.78 is 5.75. The number of pyridine rings is 1. The van der Waals surface area contributed by atoms with Crippen LogP contribution < -0.4 is 0 Å².